The minimum Gasteiger partial charge on any atom is -0.495 e. The Kier molecular flexibility index (Phi) is 7.09. The summed E-state index contributed by atoms with van der Waals surface area (Å²) in [5, 5.41) is 6.18. The van der Waals surface area contributed by atoms with E-state index in [9.17, 15) is 9.59 Å². The first kappa shape index (κ1) is 21.1. The van der Waals surface area contributed by atoms with Gasteiger partial charge in [-0.05, 0) is 30.3 Å². The van der Waals surface area contributed by atoms with E-state index in [-0.39, 0.29) is 6.42 Å². The summed E-state index contributed by atoms with van der Waals surface area (Å²) in [4.78, 5) is 28.5. The average Bonchev–Trinajstić information content (AvgIpc) is 3.15. The zero-order valence-electron chi connectivity index (χ0n) is 15.3. The molecule has 0 saturated carbocycles. The number of carbonyl (C=O) groups is 2. The Hall–Kier alpha value is -2.61. The van der Waals surface area contributed by atoms with Crippen LogP contribution in [0.4, 0.5) is 5.69 Å². The van der Waals surface area contributed by atoms with Crippen LogP contribution in [-0.4, -0.2) is 30.6 Å². The molecule has 3 rings (SSSR count). The molecule has 0 radical (unpaired) electrons. The third kappa shape index (κ3) is 5.93. The second kappa shape index (κ2) is 9.73. The molecule has 0 aliphatic rings. The van der Waals surface area contributed by atoms with Crippen molar-refractivity contribution in [2.45, 2.75) is 6.42 Å². The lowest BCUT2D eigenvalue weighted by molar-refractivity contribution is -0.146. The van der Waals surface area contributed by atoms with Crippen molar-refractivity contribution >= 4 is 52.1 Å². The number of halogens is 2. The Morgan fingerprint density at radius 3 is 2.69 bits per heavy atom. The first-order chi connectivity index (χ1) is 13.9. The van der Waals surface area contributed by atoms with Gasteiger partial charge in [0.1, 0.15) is 10.8 Å². The number of nitrogens with one attached hydrogen (secondary N) is 1. The van der Waals surface area contributed by atoms with Crippen LogP contribution in [-0.2, 0) is 20.7 Å². The second-order valence-electron chi connectivity index (χ2n) is 5.88. The van der Waals surface area contributed by atoms with Gasteiger partial charge in [0.15, 0.2) is 6.61 Å². The lowest BCUT2D eigenvalue weighted by Crippen LogP contribution is -2.22. The first-order valence-corrected chi connectivity index (χ1v) is 10.1. The molecule has 0 spiro atoms. The molecule has 0 atom stereocenters. The predicted octanol–water partition coefficient (Wildman–Crippen LogP) is 4.85. The van der Waals surface area contributed by atoms with Crippen LogP contribution in [0.3, 0.4) is 0 Å². The minimum absolute atomic E-state index is 0.0369. The summed E-state index contributed by atoms with van der Waals surface area (Å²) >= 11 is 13.3. The van der Waals surface area contributed by atoms with Crippen molar-refractivity contribution in [3.05, 3.63) is 63.6 Å². The Balaban J connectivity index is 1.53. The summed E-state index contributed by atoms with van der Waals surface area (Å²) in [7, 11) is 1.48. The average molecular weight is 451 g/mol. The summed E-state index contributed by atoms with van der Waals surface area (Å²) in [5.41, 5.74) is 1.83. The Labute approximate surface area is 181 Å². The Bertz CT molecular complexity index is 1040. The van der Waals surface area contributed by atoms with Gasteiger partial charge < -0.3 is 14.8 Å². The van der Waals surface area contributed by atoms with E-state index in [0.717, 1.165) is 10.6 Å². The van der Waals surface area contributed by atoms with Crippen LogP contribution in [0, 0.1) is 0 Å². The first-order valence-electron chi connectivity index (χ1n) is 8.44. The highest BCUT2D eigenvalue weighted by Gasteiger charge is 2.14. The van der Waals surface area contributed by atoms with E-state index in [0.29, 0.717) is 27.2 Å². The smallest absolute Gasteiger partial charge is 0.312 e. The van der Waals surface area contributed by atoms with Gasteiger partial charge in [0, 0.05) is 21.0 Å². The quantitative estimate of drug-likeness (QED) is 0.520. The molecule has 9 heteroatoms. The standard InChI is InChI=1S/C20H16Cl2N2O4S/c1-27-17-6-5-14(22)8-16(17)24-18(25)10-28-19(26)9-15-11-29-20(23-15)12-3-2-4-13(21)7-12/h2-8,11H,9-10H2,1H3,(H,24,25). The molecule has 0 aliphatic heterocycles. The molecule has 0 unspecified atom stereocenters. The fourth-order valence-electron chi connectivity index (χ4n) is 2.45. The van der Waals surface area contributed by atoms with Crippen molar-refractivity contribution in [3.8, 4) is 16.3 Å². The summed E-state index contributed by atoms with van der Waals surface area (Å²) < 4.78 is 10.2. The van der Waals surface area contributed by atoms with Gasteiger partial charge >= 0.3 is 5.97 Å². The normalized spacial score (nSPS) is 10.4. The molecule has 1 amide bonds. The van der Waals surface area contributed by atoms with Gasteiger partial charge in [-0.25, -0.2) is 4.98 Å². The van der Waals surface area contributed by atoms with E-state index in [1.54, 1.807) is 35.7 Å². The number of rotatable bonds is 7. The van der Waals surface area contributed by atoms with Crippen LogP contribution in [0.15, 0.2) is 47.8 Å². The van der Waals surface area contributed by atoms with E-state index < -0.39 is 18.5 Å². The molecule has 0 aliphatic carbocycles. The number of amides is 1. The predicted molar refractivity (Wildman–Crippen MR) is 114 cm³/mol. The monoisotopic (exact) mass is 450 g/mol. The third-order valence-corrected chi connectivity index (χ3v) is 5.16. The van der Waals surface area contributed by atoms with Gasteiger partial charge in [-0.1, -0.05) is 35.3 Å². The maximum atomic E-state index is 12.1. The fourth-order valence-corrected chi connectivity index (χ4v) is 3.63. The van der Waals surface area contributed by atoms with Crippen LogP contribution < -0.4 is 10.1 Å². The van der Waals surface area contributed by atoms with Crippen molar-refractivity contribution < 1.29 is 19.1 Å². The molecule has 0 saturated heterocycles. The van der Waals surface area contributed by atoms with Gasteiger partial charge in [-0.15, -0.1) is 11.3 Å². The highest BCUT2D eigenvalue weighted by molar-refractivity contribution is 7.13. The lowest BCUT2D eigenvalue weighted by Gasteiger charge is -2.10. The van der Waals surface area contributed by atoms with Crippen LogP contribution in [0.25, 0.3) is 10.6 Å². The van der Waals surface area contributed by atoms with Crippen molar-refractivity contribution in [2.75, 3.05) is 19.0 Å². The number of hydrogen-bond donors (Lipinski definition) is 1. The maximum absolute atomic E-state index is 12.1. The third-order valence-electron chi connectivity index (χ3n) is 3.75. The molecule has 0 bridgehead atoms. The molecule has 29 heavy (non-hydrogen) atoms. The maximum Gasteiger partial charge on any atom is 0.312 e. The Morgan fingerprint density at radius 2 is 1.93 bits per heavy atom. The van der Waals surface area contributed by atoms with Crippen LogP contribution >= 0.6 is 34.5 Å². The van der Waals surface area contributed by atoms with Gasteiger partial charge in [0.25, 0.3) is 5.91 Å². The molecule has 0 fully saturated rings. The molecule has 6 nitrogen and oxygen atoms in total. The SMILES string of the molecule is COc1ccc(Cl)cc1NC(=O)COC(=O)Cc1csc(-c2cccc(Cl)c2)n1. The number of esters is 1. The number of hydrogen-bond acceptors (Lipinski definition) is 6. The molecule has 3 aromatic rings. The summed E-state index contributed by atoms with van der Waals surface area (Å²) in [6, 6.07) is 12.1. The molecule has 1 aromatic heterocycles. The highest BCUT2D eigenvalue weighted by Crippen LogP contribution is 2.28. The second-order valence-corrected chi connectivity index (χ2v) is 7.62. The summed E-state index contributed by atoms with van der Waals surface area (Å²) in [5.74, 6) is -0.608. The van der Waals surface area contributed by atoms with E-state index in [1.165, 1.54) is 18.4 Å². The molecule has 1 heterocycles. The highest BCUT2D eigenvalue weighted by atomic mass is 35.5. The molecule has 2 aromatic carbocycles. The van der Waals surface area contributed by atoms with Crippen molar-refractivity contribution in [3.63, 3.8) is 0 Å². The van der Waals surface area contributed by atoms with Gasteiger partial charge in [0.05, 0.1) is 24.9 Å². The topological polar surface area (TPSA) is 77.5 Å². The number of methoxy groups -OCH3 is 1. The number of nitrogens with zero attached hydrogens (tertiary/aromatic N) is 1. The fraction of sp³-hybridized carbons (Fsp3) is 0.150. The molecule has 1 N–H and O–H groups in total. The van der Waals surface area contributed by atoms with Gasteiger partial charge in [-0.3, -0.25) is 9.59 Å². The van der Waals surface area contributed by atoms with E-state index in [4.69, 9.17) is 32.7 Å². The number of ether oxygens (including phenoxy) is 2. The van der Waals surface area contributed by atoms with Crippen LogP contribution in [0.5, 0.6) is 5.75 Å². The van der Waals surface area contributed by atoms with Crippen molar-refractivity contribution in [1.29, 1.82) is 0 Å². The van der Waals surface area contributed by atoms with E-state index in [1.807, 2.05) is 12.1 Å². The molecular formula is C20H16Cl2N2O4S. The van der Waals surface area contributed by atoms with Gasteiger partial charge in [0.2, 0.25) is 0 Å². The lowest BCUT2D eigenvalue weighted by atomic mass is 10.2. The minimum atomic E-state index is -0.554. The summed E-state index contributed by atoms with van der Waals surface area (Å²) in [6.07, 6.45) is -0.0369. The number of aromatic nitrogens is 1. The van der Waals surface area contributed by atoms with E-state index in [2.05, 4.69) is 10.3 Å². The van der Waals surface area contributed by atoms with Crippen LogP contribution in [0.1, 0.15) is 5.69 Å². The van der Waals surface area contributed by atoms with Crippen molar-refractivity contribution in [1.82, 2.24) is 4.98 Å². The summed E-state index contributed by atoms with van der Waals surface area (Å²) in [6.45, 7) is -0.431. The van der Waals surface area contributed by atoms with E-state index >= 15 is 0 Å². The largest absolute Gasteiger partial charge is 0.495 e. The Morgan fingerprint density at radius 1 is 1.14 bits per heavy atom. The number of anilines is 1. The van der Waals surface area contributed by atoms with Crippen molar-refractivity contribution in [2.24, 2.45) is 0 Å². The number of thiazole rings is 1. The van der Waals surface area contributed by atoms with Gasteiger partial charge in [-0.2, -0.15) is 0 Å². The number of carbonyl (C=O) groups excluding carboxylic acids is 2. The molecular weight excluding hydrogens is 435 g/mol. The van der Waals surface area contributed by atoms with Crippen LogP contribution in [0.2, 0.25) is 10.0 Å². The zero-order valence-corrected chi connectivity index (χ0v) is 17.6. The molecule has 150 valence electrons. The zero-order chi connectivity index (χ0) is 20.8. The number of benzene rings is 2.